The van der Waals surface area contributed by atoms with Crippen molar-refractivity contribution in [3.05, 3.63) is 35.4 Å². The molecule has 0 aromatic heterocycles. The van der Waals surface area contributed by atoms with E-state index in [0.717, 1.165) is 12.1 Å². The van der Waals surface area contributed by atoms with E-state index in [1.165, 1.54) is 24.9 Å². The third-order valence-electron chi connectivity index (χ3n) is 3.40. The lowest BCUT2D eigenvalue weighted by atomic mass is 9.87. The van der Waals surface area contributed by atoms with E-state index in [2.05, 4.69) is 18.0 Å². The van der Waals surface area contributed by atoms with E-state index in [1.54, 1.807) is 6.92 Å². The highest BCUT2D eigenvalue weighted by molar-refractivity contribution is 5.95. The van der Waals surface area contributed by atoms with Crippen LogP contribution in [0.5, 0.6) is 0 Å². The third-order valence-corrected chi connectivity index (χ3v) is 3.40. The van der Waals surface area contributed by atoms with Crippen LogP contribution in [0.2, 0.25) is 0 Å². The van der Waals surface area contributed by atoms with Crippen LogP contribution >= 0.6 is 0 Å². The van der Waals surface area contributed by atoms with Crippen molar-refractivity contribution in [1.82, 2.24) is 4.90 Å². The first kappa shape index (κ1) is 11.3. The first-order valence-corrected chi connectivity index (χ1v) is 5.97. The average Bonchev–Trinajstić information content (AvgIpc) is 2.29. The van der Waals surface area contributed by atoms with Crippen LogP contribution in [0.3, 0.4) is 0 Å². The Hall–Kier alpha value is -1.15. The largest absolute Gasteiger partial charge is 0.306 e. The average molecular weight is 217 g/mol. The van der Waals surface area contributed by atoms with E-state index in [4.69, 9.17) is 0 Å². The number of hydrogen-bond acceptors (Lipinski definition) is 2. The molecular formula is C14H19NO. The number of hydrogen-bond donors (Lipinski definition) is 0. The molecule has 0 N–H and O–H groups in total. The topological polar surface area (TPSA) is 20.3 Å². The maximum Gasteiger partial charge on any atom is 0.160 e. The summed E-state index contributed by atoms with van der Waals surface area (Å²) in [7, 11) is 2.16. The number of likely N-dealkylation sites (N-methyl/N-ethyl adjacent to an activating group) is 1. The minimum Gasteiger partial charge on any atom is -0.306 e. The fraction of sp³-hybridized carbons (Fsp3) is 0.500. The molecule has 2 rings (SSSR count). The first-order valence-electron chi connectivity index (χ1n) is 5.97. The molecule has 1 aromatic carbocycles. The molecule has 1 aliphatic heterocycles. The van der Waals surface area contributed by atoms with Gasteiger partial charge in [-0.05, 0) is 44.8 Å². The van der Waals surface area contributed by atoms with Crippen LogP contribution in [0.1, 0.15) is 41.6 Å². The normalized spacial score (nSPS) is 22.0. The second-order valence-electron chi connectivity index (χ2n) is 4.74. The maximum atomic E-state index is 11.6. The van der Waals surface area contributed by atoms with Gasteiger partial charge in [0, 0.05) is 12.1 Å². The van der Waals surface area contributed by atoms with Gasteiger partial charge in [-0.25, -0.2) is 0 Å². The zero-order valence-electron chi connectivity index (χ0n) is 10.1. The van der Waals surface area contributed by atoms with E-state index in [-0.39, 0.29) is 5.78 Å². The van der Waals surface area contributed by atoms with E-state index in [1.807, 2.05) is 18.2 Å². The fourth-order valence-electron chi connectivity index (χ4n) is 2.59. The van der Waals surface area contributed by atoms with Gasteiger partial charge >= 0.3 is 0 Å². The van der Waals surface area contributed by atoms with Crippen molar-refractivity contribution in [2.75, 3.05) is 20.1 Å². The number of carbonyl (C=O) groups excluding carboxylic acids is 1. The molecular weight excluding hydrogens is 198 g/mol. The van der Waals surface area contributed by atoms with Crippen LogP contribution in [-0.4, -0.2) is 30.8 Å². The van der Waals surface area contributed by atoms with Gasteiger partial charge in [-0.3, -0.25) is 4.79 Å². The van der Waals surface area contributed by atoms with Crippen molar-refractivity contribution in [3.8, 4) is 0 Å². The van der Waals surface area contributed by atoms with Gasteiger partial charge in [0.25, 0.3) is 0 Å². The molecule has 1 fully saturated rings. The number of carbonyl (C=O) groups is 1. The molecule has 86 valence electrons. The van der Waals surface area contributed by atoms with Gasteiger partial charge in [0.2, 0.25) is 0 Å². The van der Waals surface area contributed by atoms with E-state index in [9.17, 15) is 4.79 Å². The number of likely N-dealkylation sites (tertiary alicyclic amines) is 1. The Bertz CT molecular complexity index is 386. The lowest BCUT2D eigenvalue weighted by molar-refractivity contribution is 0.101. The number of nitrogens with zero attached hydrogens (tertiary/aromatic N) is 1. The van der Waals surface area contributed by atoms with Crippen LogP contribution < -0.4 is 0 Å². The van der Waals surface area contributed by atoms with Crippen LogP contribution in [0.25, 0.3) is 0 Å². The van der Waals surface area contributed by atoms with Gasteiger partial charge in [0.15, 0.2) is 5.78 Å². The second-order valence-corrected chi connectivity index (χ2v) is 4.74. The Morgan fingerprint density at radius 2 is 2.12 bits per heavy atom. The highest BCUT2D eigenvalue weighted by Crippen LogP contribution is 2.28. The predicted octanol–water partition coefficient (Wildman–Crippen LogP) is 2.70. The molecule has 1 aliphatic rings. The van der Waals surface area contributed by atoms with Gasteiger partial charge in [-0.1, -0.05) is 24.3 Å². The summed E-state index contributed by atoms with van der Waals surface area (Å²) >= 11 is 0. The Morgan fingerprint density at radius 3 is 2.81 bits per heavy atom. The van der Waals surface area contributed by atoms with Gasteiger partial charge in [-0.2, -0.15) is 0 Å². The molecule has 0 spiro atoms. The zero-order chi connectivity index (χ0) is 11.5. The maximum absolute atomic E-state index is 11.6. The van der Waals surface area contributed by atoms with Gasteiger partial charge in [0.1, 0.15) is 0 Å². The molecule has 1 heterocycles. The van der Waals surface area contributed by atoms with E-state index in [0.29, 0.717) is 5.92 Å². The lowest BCUT2D eigenvalue weighted by Gasteiger charge is -2.30. The number of rotatable bonds is 2. The minimum atomic E-state index is 0.184. The molecule has 16 heavy (non-hydrogen) atoms. The molecule has 0 bridgehead atoms. The molecule has 2 heteroatoms. The summed E-state index contributed by atoms with van der Waals surface area (Å²) in [6, 6.07) is 8.05. The summed E-state index contributed by atoms with van der Waals surface area (Å²) in [4.78, 5) is 13.9. The number of benzene rings is 1. The summed E-state index contributed by atoms with van der Waals surface area (Å²) in [5.41, 5.74) is 2.14. The number of ketones is 1. The van der Waals surface area contributed by atoms with Crippen molar-refractivity contribution < 1.29 is 4.79 Å². The standard InChI is InChI=1S/C14H19NO/c1-11(16)13-7-3-4-8-14(13)12-6-5-9-15(2)10-12/h3-4,7-8,12H,5-6,9-10H2,1-2H3. The highest BCUT2D eigenvalue weighted by Gasteiger charge is 2.21. The summed E-state index contributed by atoms with van der Waals surface area (Å²) < 4.78 is 0. The molecule has 1 saturated heterocycles. The first-order chi connectivity index (χ1) is 7.68. The van der Waals surface area contributed by atoms with Crippen LogP contribution in [0.15, 0.2) is 24.3 Å². The van der Waals surface area contributed by atoms with Crippen LogP contribution in [-0.2, 0) is 0 Å². The predicted molar refractivity (Wildman–Crippen MR) is 65.9 cm³/mol. The SMILES string of the molecule is CC(=O)c1ccccc1C1CCCN(C)C1. The molecule has 1 unspecified atom stereocenters. The monoisotopic (exact) mass is 217 g/mol. The number of Topliss-reactive ketones (excluding diaryl/α,β-unsaturated/α-hetero) is 1. The molecule has 1 aromatic rings. The van der Waals surface area contributed by atoms with E-state index < -0.39 is 0 Å². The summed E-state index contributed by atoms with van der Waals surface area (Å²) in [6.07, 6.45) is 2.43. The van der Waals surface area contributed by atoms with Crippen LogP contribution in [0, 0.1) is 0 Å². The Labute approximate surface area is 97.3 Å². The Morgan fingerprint density at radius 1 is 1.38 bits per heavy atom. The third kappa shape index (κ3) is 2.33. The molecule has 2 nitrogen and oxygen atoms in total. The Balaban J connectivity index is 2.28. The summed E-state index contributed by atoms with van der Waals surface area (Å²) in [5.74, 6) is 0.711. The van der Waals surface area contributed by atoms with Gasteiger partial charge in [-0.15, -0.1) is 0 Å². The smallest absolute Gasteiger partial charge is 0.160 e. The van der Waals surface area contributed by atoms with Gasteiger partial charge < -0.3 is 4.90 Å². The van der Waals surface area contributed by atoms with Crippen molar-refractivity contribution in [2.45, 2.75) is 25.7 Å². The van der Waals surface area contributed by atoms with Crippen molar-refractivity contribution >= 4 is 5.78 Å². The summed E-state index contributed by atoms with van der Waals surface area (Å²) in [5, 5.41) is 0. The lowest BCUT2D eigenvalue weighted by Crippen LogP contribution is -2.31. The molecule has 0 saturated carbocycles. The fourth-order valence-corrected chi connectivity index (χ4v) is 2.59. The zero-order valence-corrected chi connectivity index (χ0v) is 10.1. The highest BCUT2D eigenvalue weighted by atomic mass is 16.1. The molecule has 0 amide bonds. The van der Waals surface area contributed by atoms with Crippen molar-refractivity contribution in [3.63, 3.8) is 0 Å². The summed E-state index contributed by atoms with van der Waals surface area (Å²) in [6.45, 7) is 3.91. The quantitative estimate of drug-likeness (QED) is 0.710. The van der Waals surface area contributed by atoms with E-state index >= 15 is 0 Å². The van der Waals surface area contributed by atoms with Crippen molar-refractivity contribution in [2.24, 2.45) is 0 Å². The van der Waals surface area contributed by atoms with Gasteiger partial charge in [0.05, 0.1) is 0 Å². The number of piperidine rings is 1. The van der Waals surface area contributed by atoms with Crippen LogP contribution in [0.4, 0.5) is 0 Å². The molecule has 0 radical (unpaired) electrons. The molecule has 1 atom stereocenters. The Kier molecular flexibility index (Phi) is 3.39. The molecule has 0 aliphatic carbocycles. The minimum absolute atomic E-state index is 0.184. The second kappa shape index (κ2) is 4.79. The van der Waals surface area contributed by atoms with Crippen molar-refractivity contribution in [1.29, 1.82) is 0 Å².